The zero-order chi connectivity index (χ0) is 11.8. The van der Waals surface area contributed by atoms with Crippen LogP contribution in [-0.2, 0) is 0 Å². The van der Waals surface area contributed by atoms with E-state index in [1.54, 1.807) is 0 Å². The lowest BCUT2D eigenvalue weighted by Gasteiger charge is -2.12. The third kappa shape index (κ3) is 3.39. The fourth-order valence-electron chi connectivity index (χ4n) is 1.67. The van der Waals surface area contributed by atoms with Crippen molar-refractivity contribution in [3.8, 4) is 0 Å². The zero-order valence-electron chi connectivity index (χ0n) is 9.82. The van der Waals surface area contributed by atoms with Crippen molar-refractivity contribution in [3.63, 3.8) is 0 Å². The molecule has 0 fully saturated rings. The number of hydrogen-bond acceptors (Lipinski definition) is 0. The molecule has 0 aromatic rings. The summed E-state index contributed by atoms with van der Waals surface area (Å²) in [6, 6.07) is 0. The van der Waals surface area contributed by atoms with Gasteiger partial charge >= 0.3 is 0 Å². The Balaban J connectivity index is 2.96. The Morgan fingerprint density at radius 3 is 2.75 bits per heavy atom. The van der Waals surface area contributed by atoms with E-state index in [0.717, 1.165) is 6.42 Å². The predicted molar refractivity (Wildman–Crippen MR) is 73.2 cm³/mol. The largest absolute Gasteiger partial charge is 0.0991 e. The molecule has 0 spiro atoms. The van der Waals surface area contributed by atoms with Crippen molar-refractivity contribution in [2.24, 2.45) is 0 Å². The smallest absolute Gasteiger partial charge is 0.00198 e. The number of hydrogen-bond donors (Lipinski definition) is 0. The standard InChI is InChI=1S/C16H18/c1-4-8-14-11-7-12-16(13-14)15(9-5-2)10-6-3/h4-12H,1-2,13H2,3H3/b10-6-,14-8-,15-9+. The molecule has 0 N–H and O–H groups in total. The monoisotopic (exact) mass is 210 g/mol. The van der Waals surface area contributed by atoms with Crippen molar-refractivity contribution in [3.05, 3.63) is 84.6 Å². The molecule has 1 aliphatic carbocycles. The normalized spacial score (nSPS) is 18.9. The Hall–Kier alpha value is -1.82. The van der Waals surface area contributed by atoms with E-state index < -0.39 is 0 Å². The van der Waals surface area contributed by atoms with E-state index >= 15 is 0 Å². The second-order valence-electron chi connectivity index (χ2n) is 3.56. The van der Waals surface area contributed by atoms with Gasteiger partial charge in [0.2, 0.25) is 0 Å². The first kappa shape index (κ1) is 12.3. The molecule has 1 rings (SSSR count). The Kier molecular flexibility index (Phi) is 5.07. The van der Waals surface area contributed by atoms with Crippen LogP contribution in [0.15, 0.2) is 84.6 Å². The van der Waals surface area contributed by atoms with Crippen molar-refractivity contribution in [2.75, 3.05) is 0 Å². The highest BCUT2D eigenvalue weighted by Crippen LogP contribution is 2.25. The van der Waals surface area contributed by atoms with Crippen LogP contribution in [0.2, 0.25) is 0 Å². The minimum Gasteiger partial charge on any atom is -0.0991 e. The van der Waals surface area contributed by atoms with Gasteiger partial charge in [0.1, 0.15) is 0 Å². The van der Waals surface area contributed by atoms with E-state index in [2.05, 4.69) is 37.5 Å². The molecular formula is C16H18. The SMILES string of the molecule is C=C/C=C1/C=CC=C(C(/C=C\C)=C/C=C)C1. The fourth-order valence-corrected chi connectivity index (χ4v) is 1.67. The van der Waals surface area contributed by atoms with Crippen molar-refractivity contribution in [1.82, 2.24) is 0 Å². The summed E-state index contributed by atoms with van der Waals surface area (Å²) in [5.74, 6) is 0. The first-order chi connectivity index (χ1) is 7.81. The van der Waals surface area contributed by atoms with Gasteiger partial charge < -0.3 is 0 Å². The number of rotatable bonds is 4. The molecule has 0 atom stereocenters. The zero-order valence-corrected chi connectivity index (χ0v) is 9.82. The molecule has 1 aliphatic rings. The van der Waals surface area contributed by atoms with Crippen LogP contribution in [0.5, 0.6) is 0 Å². The summed E-state index contributed by atoms with van der Waals surface area (Å²) in [5, 5.41) is 0. The minimum absolute atomic E-state index is 0.951. The maximum atomic E-state index is 3.75. The molecule has 0 radical (unpaired) electrons. The van der Waals surface area contributed by atoms with Crippen LogP contribution < -0.4 is 0 Å². The second-order valence-corrected chi connectivity index (χ2v) is 3.56. The van der Waals surface area contributed by atoms with Crippen LogP contribution in [-0.4, -0.2) is 0 Å². The fraction of sp³-hybridized carbons (Fsp3) is 0.125. The average molecular weight is 210 g/mol. The molecule has 0 aromatic heterocycles. The molecule has 0 heteroatoms. The van der Waals surface area contributed by atoms with Gasteiger partial charge in [-0.05, 0) is 30.1 Å². The van der Waals surface area contributed by atoms with E-state index in [9.17, 15) is 0 Å². The molecule has 0 saturated carbocycles. The molecule has 0 heterocycles. The lowest BCUT2D eigenvalue weighted by molar-refractivity contribution is 1.16. The van der Waals surface area contributed by atoms with Crippen LogP contribution in [0.3, 0.4) is 0 Å². The van der Waals surface area contributed by atoms with Gasteiger partial charge in [0.05, 0.1) is 0 Å². The van der Waals surface area contributed by atoms with Crippen LogP contribution >= 0.6 is 0 Å². The maximum Gasteiger partial charge on any atom is -0.00198 e. The Bertz CT molecular complexity index is 409. The molecule has 0 saturated heterocycles. The molecular weight excluding hydrogens is 192 g/mol. The van der Waals surface area contributed by atoms with Gasteiger partial charge in [0.25, 0.3) is 0 Å². The highest BCUT2D eigenvalue weighted by molar-refractivity contribution is 5.49. The lowest BCUT2D eigenvalue weighted by atomic mass is 9.93. The van der Waals surface area contributed by atoms with E-state index in [0.29, 0.717) is 0 Å². The summed E-state index contributed by atoms with van der Waals surface area (Å²) in [6.07, 6.45) is 19.2. The quantitative estimate of drug-likeness (QED) is 0.591. The van der Waals surface area contributed by atoms with E-state index in [1.165, 1.54) is 16.7 Å². The molecule has 0 unspecified atom stereocenters. The highest BCUT2D eigenvalue weighted by atomic mass is 14.1. The second kappa shape index (κ2) is 6.62. The first-order valence-electron chi connectivity index (χ1n) is 5.46. The molecule has 0 amide bonds. The molecule has 16 heavy (non-hydrogen) atoms. The summed E-state index contributed by atoms with van der Waals surface area (Å²) >= 11 is 0. The van der Waals surface area contributed by atoms with Crippen molar-refractivity contribution in [1.29, 1.82) is 0 Å². The van der Waals surface area contributed by atoms with Crippen molar-refractivity contribution < 1.29 is 0 Å². The summed E-state index contributed by atoms with van der Waals surface area (Å²) in [7, 11) is 0. The third-order valence-corrected chi connectivity index (χ3v) is 2.35. The van der Waals surface area contributed by atoms with E-state index in [-0.39, 0.29) is 0 Å². The summed E-state index contributed by atoms with van der Waals surface area (Å²) in [5.41, 5.74) is 3.82. The van der Waals surface area contributed by atoms with Gasteiger partial charge in [-0.2, -0.15) is 0 Å². The number of allylic oxidation sites excluding steroid dienone is 12. The molecule has 82 valence electrons. The van der Waals surface area contributed by atoms with Crippen LogP contribution in [0.1, 0.15) is 13.3 Å². The molecule has 0 nitrogen and oxygen atoms in total. The summed E-state index contributed by atoms with van der Waals surface area (Å²) in [4.78, 5) is 0. The van der Waals surface area contributed by atoms with Gasteiger partial charge in [-0.15, -0.1) is 0 Å². The van der Waals surface area contributed by atoms with Gasteiger partial charge in [0, 0.05) is 0 Å². The van der Waals surface area contributed by atoms with Gasteiger partial charge in [-0.25, -0.2) is 0 Å². The molecule has 0 bridgehead atoms. The minimum atomic E-state index is 0.951. The van der Waals surface area contributed by atoms with Crippen LogP contribution in [0.25, 0.3) is 0 Å². The molecule has 0 aromatic carbocycles. The topological polar surface area (TPSA) is 0 Å². The van der Waals surface area contributed by atoms with Gasteiger partial charge in [0.15, 0.2) is 0 Å². The van der Waals surface area contributed by atoms with Crippen LogP contribution in [0.4, 0.5) is 0 Å². The highest BCUT2D eigenvalue weighted by Gasteiger charge is 2.06. The van der Waals surface area contributed by atoms with E-state index in [4.69, 9.17) is 0 Å². The van der Waals surface area contributed by atoms with Crippen molar-refractivity contribution >= 4 is 0 Å². The lowest BCUT2D eigenvalue weighted by Crippen LogP contribution is -1.93. The van der Waals surface area contributed by atoms with E-state index in [1.807, 2.05) is 37.3 Å². The summed E-state index contributed by atoms with van der Waals surface area (Å²) < 4.78 is 0. The predicted octanol–water partition coefficient (Wildman–Crippen LogP) is 4.67. The summed E-state index contributed by atoms with van der Waals surface area (Å²) in [6.45, 7) is 9.49. The van der Waals surface area contributed by atoms with Gasteiger partial charge in [-0.3, -0.25) is 0 Å². The molecule has 0 aliphatic heterocycles. The van der Waals surface area contributed by atoms with Gasteiger partial charge in [-0.1, -0.05) is 67.8 Å². The maximum absolute atomic E-state index is 3.75. The average Bonchev–Trinajstić information content (AvgIpc) is 2.30. The first-order valence-corrected chi connectivity index (χ1v) is 5.46. The van der Waals surface area contributed by atoms with Crippen LogP contribution in [0, 0.1) is 0 Å². The Morgan fingerprint density at radius 2 is 2.12 bits per heavy atom. The van der Waals surface area contributed by atoms with Crippen molar-refractivity contribution in [2.45, 2.75) is 13.3 Å². The Morgan fingerprint density at radius 1 is 1.31 bits per heavy atom. The Labute approximate surface area is 98.4 Å². The third-order valence-electron chi connectivity index (χ3n) is 2.35.